The van der Waals surface area contributed by atoms with Crippen molar-refractivity contribution in [1.29, 1.82) is 0 Å². The van der Waals surface area contributed by atoms with Crippen LogP contribution in [0.5, 0.6) is 5.75 Å². The van der Waals surface area contributed by atoms with Crippen LogP contribution in [0.4, 0.5) is 5.69 Å². The van der Waals surface area contributed by atoms with Crippen LogP contribution in [0.2, 0.25) is 0 Å². The maximum atomic E-state index is 13.1. The number of nitrogens with one attached hydrogen (secondary N) is 1. The summed E-state index contributed by atoms with van der Waals surface area (Å²) >= 11 is 1.67. The molecule has 3 heterocycles. The Bertz CT molecular complexity index is 1020. The maximum Gasteiger partial charge on any atom is 0.243 e. The number of carbonyl (C=O) groups is 1. The maximum absolute atomic E-state index is 13.1. The van der Waals surface area contributed by atoms with Gasteiger partial charge in [0.1, 0.15) is 5.75 Å². The molecule has 0 saturated carbocycles. The van der Waals surface area contributed by atoms with Gasteiger partial charge in [0, 0.05) is 19.1 Å². The van der Waals surface area contributed by atoms with Crippen LogP contribution in [-0.2, 0) is 14.8 Å². The van der Waals surface area contributed by atoms with Crippen LogP contribution in [0.15, 0.2) is 39.9 Å². The third-order valence-electron chi connectivity index (χ3n) is 6.12. The molecule has 1 atom stereocenters. The van der Waals surface area contributed by atoms with E-state index >= 15 is 0 Å². The predicted molar refractivity (Wildman–Crippen MR) is 127 cm³/mol. The highest BCUT2D eigenvalue weighted by atomic mass is 32.2. The van der Waals surface area contributed by atoms with E-state index in [1.54, 1.807) is 23.5 Å². The third kappa shape index (κ3) is 5.17. The number of hydrogen-bond acceptors (Lipinski definition) is 6. The van der Waals surface area contributed by atoms with Gasteiger partial charge in [-0.05, 0) is 79.7 Å². The molecule has 1 aromatic carbocycles. The summed E-state index contributed by atoms with van der Waals surface area (Å²) in [6.45, 7) is 4.49. The number of sulfonamides is 1. The second-order valence-corrected chi connectivity index (χ2v) is 11.0. The number of amides is 1. The molecule has 0 radical (unpaired) electrons. The first-order valence-electron chi connectivity index (χ1n) is 11.3. The largest absolute Gasteiger partial charge is 0.492 e. The Hall–Kier alpha value is -1.94. The fraction of sp³-hybridized carbons (Fsp3) is 0.522. The van der Waals surface area contributed by atoms with Crippen LogP contribution in [0.25, 0.3) is 0 Å². The van der Waals surface area contributed by atoms with Crippen molar-refractivity contribution >= 4 is 33.0 Å². The molecule has 174 valence electrons. The highest BCUT2D eigenvalue weighted by Gasteiger charge is 2.29. The molecule has 1 amide bonds. The molecule has 1 N–H and O–H groups in total. The average molecular weight is 478 g/mol. The smallest absolute Gasteiger partial charge is 0.243 e. The number of rotatable bonds is 8. The van der Waals surface area contributed by atoms with Gasteiger partial charge in [-0.2, -0.15) is 15.6 Å². The summed E-state index contributed by atoms with van der Waals surface area (Å²) in [5.41, 5.74) is 1.66. The van der Waals surface area contributed by atoms with E-state index in [4.69, 9.17) is 4.74 Å². The van der Waals surface area contributed by atoms with E-state index in [9.17, 15) is 13.2 Å². The van der Waals surface area contributed by atoms with Gasteiger partial charge in [0.05, 0.1) is 23.7 Å². The van der Waals surface area contributed by atoms with Gasteiger partial charge in [0.25, 0.3) is 0 Å². The molecule has 2 aliphatic rings. The van der Waals surface area contributed by atoms with Crippen LogP contribution in [-0.4, -0.2) is 56.3 Å². The summed E-state index contributed by atoms with van der Waals surface area (Å²) in [4.78, 5) is 15.3. The monoisotopic (exact) mass is 477 g/mol. The molecule has 7 nitrogen and oxygen atoms in total. The Morgan fingerprint density at radius 3 is 2.69 bits per heavy atom. The molecule has 2 aliphatic heterocycles. The number of likely N-dealkylation sites (tertiary alicyclic amines) is 1. The van der Waals surface area contributed by atoms with E-state index in [1.807, 2.05) is 6.92 Å². The molecule has 0 aliphatic carbocycles. The Morgan fingerprint density at radius 2 is 1.97 bits per heavy atom. The molecule has 2 fully saturated rings. The van der Waals surface area contributed by atoms with Gasteiger partial charge < -0.3 is 10.1 Å². The highest BCUT2D eigenvalue weighted by molar-refractivity contribution is 7.89. The fourth-order valence-electron chi connectivity index (χ4n) is 4.53. The lowest BCUT2D eigenvalue weighted by Crippen LogP contribution is -2.35. The normalized spacial score (nSPS) is 20.3. The number of piperidine rings is 1. The number of nitrogens with zero attached hydrogens (tertiary/aromatic N) is 2. The van der Waals surface area contributed by atoms with Gasteiger partial charge in [0.2, 0.25) is 15.9 Å². The zero-order chi connectivity index (χ0) is 22.6. The average Bonchev–Trinajstić information content (AvgIpc) is 3.47. The minimum Gasteiger partial charge on any atom is -0.492 e. The lowest BCUT2D eigenvalue weighted by Gasteiger charge is -2.26. The summed E-state index contributed by atoms with van der Waals surface area (Å²) in [5.74, 6) is 0.315. The van der Waals surface area contributed by atoms with Gasteiger partial charge in [0.15, 0.2) is 0 Å². The first-order chi connectivity index (χ1) is 15.5. The number of thiophene rings is 1. The summed E-state index contributed by atoms with van der Waals surface area (Å²) in [6.07, 6.45) is 4.90. The topological polar surface area (TPSA) is 79.0 Å². The Balaban J connectivity index is 1.51. The number of anilines is 1. The first-order valence-corrected chi connectivity index (χ1v) is 13.7. The van der Waals surface area contributed by atoms with Crippen LogP contribution < -0.4 is 10.1 Å². The molecule has 32 heavy (non-hydrogen) atoms. The number of benzene rings is 1. The van der Waals surface area contributed by atoms with E-state index in [1.165, 1.54) is 15.9 Å². The molecule has 0 bridgehead atoms. The van der Waals surface area contributed by atoms with Crippen molar-refractivity contribution in [2.75, 3.05) is 38.1 Å². The third-order valence-corrected chi connectivity index (χ3v) is 8.71. The van der Waals surface area contributed by atoms with Gasteiger partial charge in [-0.25, -0.2) is 8.42 Å². The van der Waals surface area contributed by atoms with Gasteiger partial charge in [-0.3, -0.25) is 9.69 Å². The quantitative estimate of drug-likeness (QED) is 0.619. The van der Waals surface area contributed by atoms with E-state index in [0.29, 0.717) is 31.1 Å². The SMILES string of the molecule is CCOc1ccc(S(=O)(=O)N2CCCCC2)cc1NC(=O)CN1CCCC1c1ccsc1. The molecule has 1 aromatic heterocycles. The lowest BCUT2D eigenvalue weighted by atomic mass is 10.1. The molecule has 4 rings (SSSR count). The Morgan fingerprint density at radius 1 is 1.16 bits per heavy atom. The molecule has 1 unspecified atom stereocenters. The molecular weight excluding hydrogens is 446 g/mol. The summed E-state index contributed by atoms with van der Waals surface area (Å²) in [6, 6.07) is 7.11. The van der Waals surface area contributed by atoms with E-state index < -0.39 is 10.0 Å². The van der Waals surface area contributed by atoms with Crippen molar-refractivity contribution in [3.8, 4) is 5.75 Å². The van der Waals surface area contributed by atoms with Crippen LogP contribution in [0, 0.1) is 0 Å². The van der Waals surface area contributed by atoms with Crippen molar-refractivity contribution in [2.45, 2.75) is 50.0 Å². The van der Waals surface area contributed by atoms with Gasteiger partial charge >= 0.3 is 0 Å². The van der Waals surface area contributed by atoms with Crippen LogP contribution in [0.1, 0.15) is 50.6 Å². The molecular formula is C23H31N3O4S2. The summed E-state index contributed by atoms with van der Waals surface area (Å²) < 4.78 is 33.4. The zero-order valence-corrected chi connectivity index (χ0v) is 20.1. The van der Waals surface area contributed by atoms with E-state index in [-0.39, 0.29) is 23.4 Å². The molecule has 2 saturated heterocycles. The Labute approximate surface area is 194 Å². The molecule has 9 heteroatoms. The van der Waals surface area contributed by atoms with Crippen LogP contribution >= 0.6 is 11.3 Å². The summed E-state index contributed by atoms with van der Waals surface area (Å²) in [7, 11) is -3.60. The fourth-order valence-corrected chi connectivity index (χ4v) is 6.79. The molecule has 0 spiro atoms. The van der Waals surface area contributed by atoms with Gasteiger partial charge in [-0.15, -0.1) is 0 Å². The number of hydrogen-bond donors (Lipinski definition) is 1. The Kier molecular flexibility index (Phi) is 7.50. The molecule has 2 aromatic rings. The summed E-state index contributed by atoms with van der Waals surface area (Å²) in [5, 5.41) is 7.12. The predicted octanol–water partition coefficient (Wildman–Crippen LogP) is 4.10. The van der Waals surface area contributed by atoms with Crippen molar-refractivity contribution in [3.63, 3.8) is 0 Å². The first kappa shape index (κ1) is 23.2. The number of ether oxygens (including phenoxy) is 1. The van der Waals surface area contributed by atoms with Crippen LogP contribution in [0.3, 0.4) is 0 Å². The highest BCUT2D eigenvalue weighted by Crippen LogP contribution is 2.34. The standard InChI is InChI=1S/C23H31N3O4S2/c1-2-30-22-9-8-19(32(28,29)26-12-4-3-5-13-26)15-20(22)24-23(27)16-25-11-6-7-21(25)18-10-14-31-17-18/h8-10,14-15,17,21H,2-7,11-13,16H2,1H3,(H,24,27). The second kappa shape index (κ2) is 10.3. The number of carbonyl (C=O) groups excluding carboxylic acids is 1. The van der Waals surface area contributed by atoms with E-state index in [0.717, 1.165) is 38.6 Å². The van der Waals surface area contributed by atoms with E-state index in [2.05, 4.69) is 27.0 Å². The van der Waals surface area contributed by atoms with Crippen molar-refractivity contribution in [3.05, 3.63) is 40.6 Å². The minimum atomic E-state index is -3.60. The van der Waals surface area contributed by atoms with Crippen molar-refractivity contribution in [1.82, 2.24) is 9.21 Å². The lowest BCUT2D eigenvalue weighted by molar-refractivity contribution is -0.117. The minimum absolute atomic E-state index is 0.166. The van der Waals surface area contributed by atoms with Gasteiger partial charge in [-0.1, -0.05) is 6.42 Å². The zero-order valence-electron chi connectivity index (χ0n) is 18.5. The van der Waals surface area contributed by atoms with Crippen molar-refractivity contribution in [2.24, 2.45) is 0 Å². The van der Waals surface area contributed by atoms with Crippen molar-refractivity contribution < 1.29 is 17.9 Å². The second-order valence-electron chi connectivity index (χ2n) is 8.29.